The van der Waals surface area contributed by atoms with Gasteiger partial charge in [-0.25, -0.2) is 0 Å². The van der Waals surface area contributed by atoms with E-state index in [0.717, 1.165) is 19.1 Å². The van der Waals surface area contributed by atoms with Gasteiger partial charge in [-0.05, 0) is 86.0 Å². The number of carbonyl (C=O) groups excluding carboxylic acids is 1. The first-order valence-electron chi connectivity index (χ1n) is 9.65. The van der Waals surface area contributed by atoms with E-state index in [1.54, 1.807) is 6.08 Å². The van der Waals surface area contributed by atoms with E-state index in [9.17, 15) is 9.90 Å². The van der Waals surface area contributed by atoms with Gasteiger partial charge in [-0.15, -0.1) is 0 Å². The maximum Gasteiger partial charge on any atom is 0.142 e. The fraction of sp³-hybridized carbons (Fsp3) is 0.857. The SMILES string of the molecule is CC[C@@H]1CC[C@@H]2[C@H](CC[C@@]3(C)[C@H]2CC[C@]3(C)O)[C@@]1(C)/C=C\C=O. The summed E-state index contributed by atoms with van der Waals surface area (Å²) in [5, 5.41) is 10.9. The van der Waals surface area contributed by atoms with E-state index in [4.69, 9.17) is 0 Å². The molecule has 3 rings (SSSR count). The monoisotopic (exact) mass is 318 g/mol. The molecule has 0 saturated heterocycles. The van der Waals surface area contributed by atoms with Crippen molar-refractivity contribution in [2.75, 3.05) is 0 Å². The van der Waals surface area contributed by atoms with Gasteiger partial charge in [-0.3, -0.25) is 4.79 Å². The zero-order valence-electron chi connectivity index (χ0n) is 15.3. The molecule has 3 aliphatic carbocycles. The van der Waals surface area contributed by atoms with Gasteiger partial charge in [0.2, 0.25) is 0 Å². The molecule has 2 nitrogen and oxygen atoms in total. The first-order chi connectivity index (χ1) is 10.8. The Balaban J connectivity index is 1.95. The number of rotatable bonds is 3. The highest BCUT2D eigenvalue weighted by Gasteiger charge is 2.62. The quantitative estimate of drug-likeness (QED) is 0.601. The lowest BCUT2D eigenvalue weighted by Crippen LogP contribution is -2.54. The zero-order valence-corrected chi connectivity index (χ0v) is 15.3. The van der Waals surface area contributed by atoms with Crippen LogP contribution in [-0.2, 0) is 4.79 Å². The van der Waals surface area contributed by atoms with E-state index in [1.165, 1.54) is 32.1 Å². The number of hydrogen-bond donors (Lipinski definition) is 1. The van der Waals surface area contributed by atoms with Gasteiger partial charge in [0.05, 0.1) is 5.60 Å². The van der Waals surface area contributed by atoms with Crippen molar-refractivity contribution in [2.45, 2.75) is 78.2 Å². The van der Waals surface area contributed by atoms with Crippen molar-refractivity contribution in [1.82, 2.24) is 0 Å². The number of aliphatic hydroxyl groups is 1. The van der Waals surface area contributed by atoms with E-state index >= 15 is 0 Å². The first kappa shape index (κ1) is 17.2. The molecular formula is C21H34O2. The van der Waals surface area contributed by atoms with Gasteiger partial charge >= 0.3 is 0 Å². The molecule has 23 heavy (non-hydrogen) atoms. The van der Waals surface area contributed by atoms with E-state index < -0.39 is 5.60 Å². The van der Waals surface area contributed by atoms with Gasteiger partial charge in [0.25, 0.3) is 0 Å². The van der Waals surface area contributed by atoms with Gasteiger partial charge in [0.1, 0.15) is 6.29 Å². The Hall–Kier alpha value is -0.630. The maximum atomic E-state index is 10.9. The van der Waals surface area contributed by atoms with E-state index in [-0.39, 0.29) is 10.8 Å². The average Bonchev–Trinajstić information content (AvgIpc) is 2.76. The molecule has 0 bridgehead atoms. The molecular weight excluding hydrogens is 284 g/mol. The molecule has 3 aliphatic rings. The molecule has 7 atom stereocenters. The highest BCUT2D eigenvalue weighted by Crippen LogP contribution is 2.66. The van der Waals surface area contributed by atoms with Gasteiger partial charge in [-0.2, -0.15) is 0 Å². The standard InChI is InChI=1S/C21H34O2/c1-5-15-7-8-16-17(19(15,2)11-6-14-22)9-12-20(3)18(16)10-13-21(20,4)23/h6,11,14-18,23H,5,7-10,12-13H2,1-4H3/b11-6-/t15-,16-,17+,18+,19+,20+,21+/m1/s1. The van der Waals surface area contributed by atoms with Crippen molar-refractivity contribution in [3.63, 3.8) is 0 Å². The van der Waals surface area contributed by atoms with Crippen molar-refractivity contribution in [3.05, 3.63) is 12.2 Å². The van der Waals surface area contributed by atoms with Crippen molar-refractivity contribution >= 4 is 6.29 Å². The summed E-state index contributed by atoms with van der Waals surface area (Å²) in [5.74, 6) is 2.72. The van der Waals surface area contributed by atoms with Crippen LogP contribution in [0.2, 0.25) is 0 Å². The lowest BCUT2D eigenvalue weighted by molar-refractivity contribution is -0.128. The van der Waals surface area contributed by atoms with Gasteiger partial charge in [-0.1, -0.05) is 33.3 Å². The molecule has 3 saturated carbocycles. The molecule has 0 amide bonds. The molecule has 1 N–H and O–H groups in total. The van der Waals surface area contributed by atoms with Crippen LogP contribution in [0.1, 0.15) is 72.6 Å². The van der Waals surface area contributed by atoms with E-state index in [1.807, 2.05) is 0 Å². The Morgan fingerprint density at radius 3 is 2.39 bits per heavy atom. The molecule has 0 unspecified atom stereocenters. The van der Waals surface area contributed by atoms with Crippen LogP contribution in [0.25, 0.3) is 0 Å². The largest absolute Gasteiger partial charge is 0.390 e. The Kier molecular flexibility index (Phi) is 4.28. The smallest absolute Gasteiger partial charge is 0.142 e. The molecule has 0 spiro atoms. The zero-order chi connectivity index (χ0) is 16.9. The normalized spacial score (nSPS) is 53.1. The van der Waals surface area contributed by atoms with Gasteiger partial charge < -0.3 is 5.11 Å². The molecule has 2 heteroatoms. The summed E-state index contributed by atoms with van der Waals surface area (Å²) in [5.41, 5.74) is -0.268. The number of allylic oxidation sites excluding steroid dienone is 2. The third-order valence-electron chi connectivity index (χ3n) is 8.55. The molecule has 0 radical (unpaired) electrons. The van der Waals surface area contributed by atoms with Gasteiger partial charge in [0.15, 0.2) is 0 Å². The average molecular weight is 319 g/mol. The lowest BCUT2D eigenvalue weighted by Gasteiger charge is -2.59. The Morgan fingerprint density at radius 1 is 1.04 bits per heavy atom. The lowest BCUT2D eigenvalue weighted by atomic mass is 9.46. The molecule has 0 aromatic heterocycles. The Labute approximate surface area is 141 Å². The summed E-state index contributed by atoms with van der Waals surface area (Å²) in [6.07, 6.45) is 13.1. The van der Waals surface area contributed by atoms with Gasteiger partial charge in [0, 0.05) is 0 Å². The second kappa shape index (κ2) is 5.72. The summed E-state index contributed by atoms with van der Waals surface area (Å²) in [6.45, 7) is 9.10. The number of carbonyl (C=O) groups is 1. The molecule has 3 fully saturated rings. The Bertz CT molecular complexity index is 494. The van der Waals surface area contributed by atoms with Crippen LogP contribution < -0.4 is 0 Å². The van der Waals surface area contributed by atoms with Crippen molar-refractivity contribution < 1.29 is 9.90 Å². The van der Waals surface area contributed by atoms with Crippen LogP contribution in [0.15, 0.2) is 12.2 Å². The van der Waals surface area contributed by atoms with Crippen LogP contribution in [0.3, 0.4) is 0 Å². The summed E-state index contributed by atoms with van der Waals surface area (Å²) in [4.78, 5) is 10.9. The number of hydrogen-bond acceptors (Lipinski definition) is 2. The summed E-state index contributed by atoms with van der Waals surface area (Å²) < 4.78 is 0. The highest BCUT2D eigenvalue weighted by atomic mass is 16.3. The minimum absolute atomic E-state index is 0.0858. The van der Waals surface area contributed by atoms with Crippen molar-refractivity contribution in [3.8, 4) is 0 Å². The molecule has 0 aromatic rings. The summed E-state index contributed by atoms with van der Waals surface area (Å²) in [7, 11) is 0. The number of fused-ring (bicyclic) bond motifs is 3. The third kappa shape index (κ3) is 2.35. The fourth-order valence-corrected chi connectivity index (χ4v) is 6.86. The molecule has 0 aliphatic heterocycles. The van der Waals surface area contributed by atoms with E-state index in [2.05, 4.69) is 33.8 Å². The van der Waals surface area contributed by atoms with Crippen molar-refractivity contribution in [1.29, 1.82) is 0 Å². The predicted octanol–water partition coefficient (Wildman–Crippen LogP) is 4.76. The minimum atomic E-state index is -0.501. The molecule has 130 valence electrons. The Morgan fingerprint density at radius 2 is 1.74 bits per heavy atom. The minimum Gasteiger partial charge on any atom is -0.390 e. The maximum absolute atomic E-state index is 10.9. The van der Waals surface area contributed by atoms with Crippen LogP contribution in [0, 0.1) is 34.5 Å². The predicted molar refractivity (Wildman–Crippen MR) is 94.0 cm³/mol. The van der Waals surface area contributed by atoms with E-state index in [0.29, 0.717) is 23.7 Å². The van der Waals surface area contributed by atoms with Crippen LogP contribution in [-0.4, -0.2) is 17.0 Å². The fourth-order valence-electron chi connectivity index (χ4n) is 6.86. The topological polar surface area (TPSA) is 37.3 Å². The second-order valence-electron chi connectivity index (χ2n) is 9.19. The summed E-state index contributed by atoms with van der Waals surface area (Å²) >= 11 is 0. The summed E-state index contributed by atoms with van der Waals surface area (Å²) in [6, 6.07) is 0. The molecule has 0 aromatic carbocycles. The highest BCUT2D eigenvalue weighted by molar-refractivity contribution is 5.64. The first-order valence-corrected chi connectivity index (χ1v) is 9.65. The number of aldehydes is 1. The van der Waals surface area contributed by atoms with Crippen molar-refractivity contribution in [2.24, 2.45) is 34.5 Å². The van der Waals surface area contributed by atoms with Crippen LogP contribution in [0.4, 0.5) is 0 Å². The van der Waals surface area contributed by atoms with Crippen LogP contribution in [0.5, 0.6) is 0 Å². The second-order valence-corrected chi connectivity index (χ2v) is 9.19. The molecule has 0 heterocycles. The third-order valence-corrected chi connectivity index (χ3v) is 8.55. The van der Waals surface area contributed by atoms with Crippen LogP contribution >= 0.6 is 0 Å².